The summed E-state index contributed by atoms with van der Waals surface area (Å²) in [4.78, 5) is 27.2. The molecular weight excluding hydrogens is 330 g/mol. The van der Waals surface area contributed by atoms with Gasteiger partial charge in [-0.15, -0.1) is 0 Å². The van der Waals surface area contributed by atoms with Crippen molar-refractivity contribution in [1.82, 2.24) is 14.1 Å². The van der Waals surface area contributed by atoms with Crippen LogP contribution in [0, 0.1) is 25.7 Å². The van der Waals surface area contributed by atoms with Gasteiger partial charge in [0.05, 0.1) is 5.69 Å². The van der Waals surface area contributed by atoms with Gasteiger partial charge in [-0.1, -0.05) is 18.1 Å². The molecule has 0 spiro atoms. The van der Waals surface area contributed by atoms with Gasteiger partial charge in [-0.3, -0.25) is 9.59 Å². The summed E-state index contributed by atoms with van der Waals surface area (Å²) in [7, 11) is 0. The third kappa shape index (κ3) is 3.90. The lowest BCUT2D eigenvalue weighted by atomic mass is 10.1. The van der Waals surface area contributed by atoms with Gasteiger partial charge in [0, 0.05) is 24.0 Å². The van der Waals surface area contributed by atoms with E-state index < -0.39 is 5.97 Å². The van der Waals surface area contributed by atoms with Gasteiger partial charge < -0.3 is 14.2 Å². The number of imidazole rings is 1. The average Bonchev–Trinajstić information content (AvgIpc) is 2.95. The van der Waals surface area contributed by atoms with E-state index in [1.807, 2.05) is 38.1 Å². The molecule has 0 fully saturated rings. The fraction of sp³-hybridized carbons (Fsp3) is 0.150. The Bertz CT molecular complexity index is 1100. The van der Waals surface area contributed by atoms with E-state index in [9.17, 15) is 9.59 Å². The maximum atomic E-state index is 12.0. The molecule has 0 unspecified atom stereocenters. The summed E-state index contributed by atoms with van der Waals surface area (Å²) in [5, 5.41) is 8.81. The van der Waals surface area contributed by atoms with Crippen molar-refractivity contribution in [1.29, 1.82) is 0 Å². The molecule has 0 atom stereocenters. The number of nitrogens with zero attached hydrogens (tertiary/aromatic N) is 3. The number of aryl methyl sites for hydroxylation is 2. The number of carbonyl (C=O) groups is 1. The Morgan fingerprint density at radius 1 is 1.19 bits per heavy atom. The first-order chi connectivity index (χ1) is 12.4. The first-order valence-corrected chi connectivity index (χ1v) is 8.00. The predicted molar refractivity (Wildman–Crippen MR) is 97.4 cm³/mol. The Balaban J connectivity index is 1.91. The van der Waals surface area contributed by atoms with Crippen LogP contribution >= 0.6 is 0 Å². The number of benzene rings is 1. The van der Waals surface area contributed by atoms with Crippen molar-refractivity contribution in [2.75, 3.05) is 0 Å². The van der Waals surface area contributed by atoms with E-state index in [4.69, 9.17) is 5.11 Å². The first kappa shape index (κ1) is 17.2. The van der Waals surface area contributed by atoms with Crippen LogP contribution in [0.15, 0.2) is 53.6 Å². The number of hydrogen-bond donors (Lipinski definition) is 1. The molecule has 0 saturated heterocycles. The van der Waals surface area contributed by atoms with E-state index in [0.29, 0.717) is 17.2 Å². The second-order valence-corrected chi connectivity index (χ2v) is 5.91. The number of rotatable bonds is 3. The fourth-order valence-electron chi connectivity index (χ4n) is 2.58. The standard InChI is InChI=1S/C20H17N3O3/c1-14-4-3-5-16(10-14)6-7-17-12-23(15(2)21-17)18-8-9-22(13-20(25)26)19(24)11-18/h3-5,8-12H,13H2,1-2H3,(H,25,26). The fourth-order valence-corrected chi connectivity index (χ4v) is 2.58. The van der Waals surface area contributed by atoms with Gasteiger partial charge in [-0.05, 0) is 43.5 Å². The van der Waals surface area contributed by atoms with Crippen LogP contribution in [0.3, 0.4) is 0 Å². The average molecular weight is 347 g/mol. The Labute approximate surface area is 150 Å². The van der Waals surface area contributed by atoms with Crippen molar-refractivity contribution in [3.63, 3.8) is 0 Å². The van der Waals surface area contributed by atoms with E-state index in [2.05, 4.69) is 16.8 Å². The van der Waals surface area contributed by atoms with Gasteiger partial charge in [-0.2, -0.15) is 0 Å². The maximum absolute atomic E-state index is 12.0. The highest BCUT2D eigenvalue weighted by atomic mass is 16.4. The molecule has 2 heterocycles. The molecule has 0 amide bonds. The van der Waals surface area contributed by atoms with Crippen LogP contribution in [-0.4, -0.2) is 25.2 Å². The van der Waals surface area contributed by atoms with Crippen LogP contribution in [-0.2, 0) is 11.3 Å². The van der Waals surface area contributed by atoms with Crippen LogP contribution in [0.2, 0.25) is 0 Å². The third-order valence-corrected chi connectivity index (χ3v) is 3.80. The van der Waals surface area contributed by atoms with Crippen molar-refractivity contribution >= 4 is 5.97 Å². The van der Waals surface area contributed by atoms with E-state index in [1.54, 1.807) is 16.8 Å². The lowest BCUT2D eigenvalue weighted by Gasteiger charge is -2.06. The molecule has 130 valence electrons. The summed E-state index contributed by atoms with van der Waals surface area (Å²) < 4.78 is 2.89. The van der Waals surface area contributed by atoms with Crippen molar-refractivity contribution < 1.29 is 9.90 Å². The number of pyridine rings is 1. The number of carboxylic acids is 1. The molecule has 26 heavy (non-hydrogen) atoms. The molecule has 1 aromatic carbocycles. The maximum Gasteiger partial charge on any atom is 0.323 e. The van der Waals surface area contributed by atoms with Crippen LogP contribution in [0.1, 0.15) is 22.6 Å². The van der Waals surface area contributed by atoms with Crippen molar-refractivity contribution in [3.05, 3.63) is 81.8 Å². The van der Waals surface area contributed by atoms with Gasteiger partial charge in [0.2, 0.25) is 0 Å². The Hall–Kier alpha value is -3.59. The Morgan fingerprint density at radius 3 is 2.69 bits per heavy atom. The summed E-state index contributed by atoms with van der Waals surface area (Å²) in [6, 6.07) is 11.0. The second kappa shape index (κ2) is 7.11. The van der Waals surface area contributed by atoms with E-state index in [1.165, 1.54) is 12.3 Å². The Kier molecular flexibility index (Phi) is 4.72. The number of aromatic nitrogens is 3. The van der Waals surface area contributed by atoms with Gasteiger partial charge >= 0.3 is 5.97 Å². The molecule has 0 aliphatic carbocycles. The molecule has 0 aliphatic rings. The summed E-state index contributed by atoms with van der Waals surface area (Å²) in [5.74, 6) is 5.73. The van der Waals surface area contributed by atoms with Gasteiger partial charge in [0.15, 0.2) is 0 Å². The second-order valence-electron chi connectivity index (χ2n) is 5.91. The van der Waals surface area contributed by atoms with Gasteiger partial charge in [-0.25, -0.2) is 4.98 Å². The van der Waals surface area contributed by atoms with Crippen molar-refractivity contribution in [2.24, 2.45) is 0 Å². The van der Waals surface area contributed by atoms with Crippen molar-refractivity contribution in [3.8, 4) is 17.5 Å². The highest BCUT2D eigenvalue weighted by Gasteiger charge is 2.08. The molecule has 1 N–H and O–H groups in total. The molecule has 3 rings (SSSR count). The molecule has 6 heteroatoms. The first-order valence-electron chi connectivity index (χ1n) is 8.00. The summed E-state index contributed by atoms with van der Waals surface area (Å²) in [6.45, 7) is 3.46. The van der Waals surface area contributed by atoms with Crippen LogP contribution in [0.25, 0.3) is 5.69 Å². The minimum Gasteiger partial charge on any atom is -0.480 e. The molecule has 0 aliphatic heterocycles. The monoisotopic (exact) mass is 347 g/mol. The topological polar surface area (TPSA) is 77.1 Å². The van der Waals surface area contributed by atoms with Gasteiger partial charge in [0.1, 0.15) is 18.1 Å². The zero-order valence-electron chi connectivity index (χ0n) is 14.4. The minimum atomic E-state index is -1.06. The van der Waals surface area contributed by atoms with Gasteiger partial charge in [0.25, 0.3) is 5.56 Å². The van der Waals surface area contributed by atoms with Crippen LogP contribution in [0.5, 0.6) is 0 Å². The SMILES string of the molecule is Cc1cccc(C#Cc2cn(-c3ccn(CC(=O)O)c(=O)c3)c(C)n2)c1. The van der Waals surface area contributed by atoms with E-state index >= 15 is 0 Å². The summed E-state index contributed by atoms with van der Waals surface area (Å²) in [5.41, 5.74) is 2.88. The van der Waals surface area contributed by atoms with Crippen LogP contribution in [0.4, 0.5) is 0 Å². The minimum absolute atomic E-state index is 0.366. The zero-order valence-corrected chi connectivity index (χ0v) is 14.4. The lowest BCUT2D eigenvalue weighted by molar-refractivity contribution is -0.137. The molecule has 6 nitrogen and oxygen atoms in total. The van der Waals surface area contributed by atoms with Crippen molar-refractivity contribution in [2.45, 2.75) is 20.4 Å². The lowest BCUT2D eigenvalue weighted by Crippen LogP contribution is -2.23. The highest BCUT2D eigenvalue weighted by molar-refractivity contribution is 5.66. The third-order valence-electron chi connectivity index (χ3n) is 3.80. The smallest absolute Gasteiger partial charge is 0.323 e. The molecule has 0 saturated carbocycles. The van der Waals surface area contributed by atoms with E-state index in [0.717, 1.165) is 15.7 Å². The number of aliphatic carboxylic acids is 1. The number of carboxylic acid groups (broad SMARTS) is 1. The zero-order chi connectivity index (χ0) is 18.7. The summed E-state index contributed by atoms with van der Waals surface area (Å²) >= 11 is 0. The molecule has 0 bridgehead atoms. The molecule has 3 aromatic rings. The van der Waals surface area contributed by atoms with Crippen LogP contribution < -0.4 is 5.56 Å². The Morgan fingerprint density at radius 2 is 2.00 bits per heavy atom. The largest absolute Gasteiger partial charge is 0.480 e. The quantitative estimate of drug-likeness (QED) is 0.737. The molecular formula is C20H17N3O3. The molecule has 0 radical (unpaired) electrons. The number of hydrogen-bond acceptors (Lipinski definition) is 3. The normalized spacial score (nSPS) is 10.2. The highest BCUT2D eigenvalue weighted by Crippen LogP contribution is 2.10. The predicted octanol–water partition coefficient (Wildman–Crippen LogP) is 2.14. The summed E-state index contributed by atoms with van der Waals surface area (Å²) in [6.07, 6.45) is 3.22. The molecule has 2 aromatic heterocycles. The van der Waals surface area contributed by atoms with E-state index in [-0.39, 0.29) is 12.1 Å².